The smallest absolute Gasteiger partial charge is 0.221 e. The number of nitrogens with zero attached hydrogens (tertiary/aromatic N) is 4. The lowest BCUT2D eigenvalue weighted by Crippen LogP contribution is -2.21. The number of benzene rings is 1. The van der Waals surface area contributed by atoms with Crippen LogP contribution in [0.25, 0.3) is 0 Å². The average Bonchev–Trinajstić information content (AvgIpc) is 3.26. The Morgan fingerprint density at radius 1 is 1.31 bits per heavy atom. The zero-order valence-electron chi connectivity index (χ0n) is 14.8. The second kappa shape index (κ2) is 6.92. The second-order valence-electron chi connectivity index (χ2n) is 6.68. The van der Waals surface area contributed by atoms with Gasteiger partial charge < -0.3 is 10.2 Å². The summed E-state index contributed by atoms with van der Waals surface area (Å²) in [6.07, 6.45) is 4.20. The normalized spacial score (nSPS) is 16.7. The SMILES string of the molecule is CN(C)c1nc2c(s1)C(c1ccc(Cn3cccn3)cc1)CC(=O)NC2. The molecule has 1 aromatic carbocycles. The monoisotopic (exact) mass is 367 g/mol. The van der Waals surface area contributed by atoms with Crippen LogP contribution in [0.15, 0.2) is 42.7 Å². The van der Waals surface area contributed by atoms with E-state index in [1.807, 2.05) is 35.9 Å². The van der Waals surface area contributed by atoms with Gasteiger partial charge in [-0.3, -0.25) is 9.48 Å². The van der Waals surface area contributed by atoms with Gasteiger partial charge in [-0.1, -0.05) is 24.3 Å². The number of hydrogen-bond donors (Lipinski definition) is 1. The number of carbonyl (C=O) groups is 1. The molecular weight excluding hydrogens is 346 g/mol. The maximum atomic E-state index is 12.2. The number of thiazole rings is 1. The van der Waals surface area contributed by atoms with Crippen LogP contribution in [0.3, 0.4) is 0 Å². The fourth-order valence-electron chi connectivity index (χ4n) is 3.18. The predicted octanol–water partition coefficient (Wildman–Crippen LogP) is 2.61. The van der Waals surface area contributed by atoms with Crippen molar-refractivity contribution in [2.45, 2.75) is 25.4 Å². The minimum atomic E-state index is 0.0532. The third-order valence-electron chi connectivity index (χ3n) is 4.54. The molecule has 3 aromatic rings. The van der Waals surface area contributed by atoms with E-state index >= 15 is 0 Å². The average molecular weight is 367 g/mol. The Labute approximate surface area is 156 Å². The topological polar surface area (TPSA) is 63.1 Å². The molecule has 1 amide bonds. The first-order chi connectivity index (χ1) is 12.6. The molecule has 26 heavy (non-hydrogen) atoms. The van der Waals surface area contributed by atoms with E-state index in [4.69, 9.17) is 4.98 Å². The Hall–Kier alpha value is -2.67. The van der Waals surface area contributed by atoms with E-state index in [2.05, 4.69) is 34.7 Å². The van der Waals surface area contributed by atoms with E-state index in [0.29, 0.717) is 13.0 Å². The van der Waals surface area contributed by atoms with Crippen molar-refractivity contribution in [3.8, 4) is 0 Å². The first-order valence-corrected chi connectivity index (χ1v) is 9.41. The molecule has 1 aliphatic rings. The number of anilines is 1. The zero-order chi connectivity index (χ0) is 18.1. The van der Waals surface area contributed by atoms with Gasteiger partial charge in [0, 0.05) is 43.7 Å². The lowest BCUT2D eigenvalue weighted by atomic mass is 9.93. The van der Waals surface area contributed by atoms with Gasteiger partial charge in [0.2, 0.25) is 5.91 Å². The molecule has 0 spiro atoms. The molecule has 134 valence electrons. The highest BCUT2D eigenvalue weighted by Gasteiger charge is 2.28. The van der Waals surface area contributed by atoms with E-state index in [0.717, 1.165) is 22.9 Å². The van der Waals surface area contributed by atoms with Crippen molar-refractivity contribution in [1.29, 1.82) is 0 Å². The molecule has 4 rings (SSSR count). The largest absolute Gasteiger partial charge is 0.354 e. The Morgan fingerprint density at radius 2 is 2.12 bits per heavy atom. The van der Waals surface area contributed by atoms with Crippen molar-refractivity contribution in [2.24, 2.45) is 0 Å². The molecule has 0 fully saturated rings. The third-order valence-corrected chi connectivity index (χ3v) is 5.92. The summed E-state index contributed by atoms with van der Waals surface area (Å²) < 4.78 is 1.90. The van der Waals surface area contributed by atoms with Crippen LogP contribution in [0.2, 0.25) is 0 Å². The number of amides is 1. The van der Waals surface area contributed by atoms with Crippen molar-refractivity contribution in [3.05, 3.63) is 64.4 Å². The summed E-state index contributed by atoms with van der Waals surface area (Å²) in [5.74, 6) is 0.129. The highest BCUT2D eigenvalue weighted by atomic mass is 32.1. The van der Waals surface area contributed by atoms with Gasteiger partial charge in [-0.25, -0.2) is 4.98 Å². The molecule has 1 atom stereocenters. The second-order valence-corrected chi connectivity index (χ2v) is 7.69. The van der Waals surface area contributed by atoms with E-state index in [-0.39, 0.29) is 11.8 Å². The van der Waals surface area contributed by atoms with Crippen LogP contribution in [-0.2, 0) is 17.9 Å². The molecule has 0 saturated heterocycles. The van der Waals surface area contributed by atoms with Crippen molar-refractivity contribution >= 4 is 22.4 Å². The molecule has 0 aliphatic carbocycles. The molecule has 0 radical (unpaired) electrons. The third kappa shape index (κ3) is 3.35. The van der Waals surface area contributed by atoms with Gasteiger partial charge in [0.15, 0.2) is 5.13 Å². The summed E-state index contributed by atoms with van der Waals surface area (Å²) >= 11 is 1.68. The molecule has 6 nitrogen and oxygen atoms in total. The molecule has 3 heterocycles. The Morgan fingerprint density at radius 3 is 2.81 bits per heavy atom. The molecular formula is C19H21N5OS. The van der Waals surface area contributed by atoms with Crippen LogP contribution in [0.4, 0.5) is 5.13 Å². The van der Waals surface area contributed by atoms with Crippen molar-refractivity contribution in [3.63, 3.8) is 0 Å². The minimum Gasteiger partial charge on any atom is -0.354 e. The van der Waals surface area contributed by atoms with Crippen LogP contribution < -0.4 is 10.2 Å². The molecule has 1 aliphatic heterocycles. The number of carbonyl (C=O) groups excluding carboxylic acids is 1. The fraction of sp³-hybridized carbons (Fsp3) is 0.316. The standard InChI is InChI=1S/C19H21N5OS/c1-23(2)19-22-16-11-20-17(25)10-15(18(16)26-19)14-6-4-13(5-7-14)12-24-9-3-8-21-24/h3-9,15H,10-12H2,1-2H3,(H,20,25). The van der Waals surface area contributed by atoms with Crippen LogP contribution >= 0.6 is 11.3 Å². The Kier molecular flexibility index (Phi) is 4.46. The summed E-state index contributed by atoms with van der Waals surface area (Å²) in [6, 6.07) is 10.4. The van der Waals surface area contributed by atoms with Crippen molar-refractivity contribution in [1.82, 2.24) is 20.1 Å². The van der Waals surface area contributed by atoms with Gasteiger partial charge in [-0.2, -0.15) is 5.10 Å². The number of nitrogens with one attached hydrogen (secondary N) is 1. The van der Waals surface area contributed by atoms with Crippen LogP contribution in [-0.4, -0.2) is 34.8 Å². The van der Waals surface area contributed by atoms with Gasteiger partial charge in [0.05, 0.1) is 18.8 Å². The van der Waals surface area contributed by atoms with E-state index in [1.165, 1.54) is 10.4 Å². The van der Waals surface area contributed by atoms with E-state index in [1.54, 1.807) is 17.5 Å². The first-order valence-electron chi connectivity index (χ1n) is 8.60. The van der Waals surface area contributed by atoms with Crippen molar-refractivity contribution < 1.29 is 4.79 Å². The summed E-state index contributed by atoms with van der Waals surface area (Å²) in [6.45, 7) is 1.25. The fourth-order valence-corrected chi connectivity index (χ4v) is 4.31. The zero-order valence-corrected chi connectivity index (χ0v) is 15.7. The molecule has 1 N–H and O–H groups in total. The molecule has 7 heteroatoms. The minimum absolute atomic E-state index is 0.0532. The predicted molar refractivity (Wildman–Crippen MR) is 103 cm³/mol. The number of hydrogen-bond acceptors (Lipinski definition) is 5. The van der Waals surface area contributed by atoms with Gasteiger partial charge >= 0.3 is 0 Å². The molecule has 0 saturated carbocycles. The Bertz CT molecular complexity index is 899. The van der Waals surface area contributed by atoms with E-state index < -0.39 is 0 Å². The summed E-state index contributed by atoms with van der Waals surface area (Å²) in [4.78, 5) is 20.1. The van der Waals surface area contributed by atoms with Gasteiger partial charge in [0.1, 0.15) is 0 Å². The van der Waals surface area contributed by atoms with Crippen LogP contribution in [0.1, 0.15) is 34.0 Å². The maximum absolute atomic E-state index is 12.2. The van der Waals surface area contributed by atoms with Crippen LogP contribution in [0, 0.1) is 0 Å². The molecule has 0 bridgehead atoms. The summed E-state index contributed by atoms with van der Waals surface area (Å²) in [7, 11) is 3.99. The van der Waals surface area contributed by atoms with Gasteiger partial charge in [0.25, 0.3) is 0 Å². The summed E-state index contributed by atoms with van der Waals surface area (Å²) in [5.41, 5.74) is 3.32. The highest BCUT2D eigenvalue weighted by Crippen LogP contribution is 2.38. The lowest BCUT2D eigenvalue weighted by molar-refractivity contribution is -0.121. The number of rotatable bonds is 4. The number of fused-ring (bicyclic) bond motifs is 1. The van der Waals surface area contributed by atoms with E-state index in [9.17, 15) is 4.79 Å². The lowest BCUT2D eigenvalue weighted by Gasteiger charge is -2.14. The maximum Gasteiger partial charge on any atom is 0.221 e. The number of aromatic nitrogens is 3. The van der Waals surface area contributed by atoms with Crippen LogP contribution in [0.5, 0.6) is 0 Å². The Balaban J connectivity index is 1.64. The molecule has 2 aromatic heterocycles. The first kappa shape index (κ1) is 16.8. The van der Waals surface area contributed by atoms with Gasteiger partial charge in [-0.15, -0.1) is 11.3 Å². The van der Waals surface area contributed by atoms with Gasteiger partial charge in [-0.05, 0) is 17.2 Å². The quantitative estimate of drug-likeness (QED) is 0.770. The van der Waals surface area contributed by atoms with Crippen molar-refractivity contribution in [2.75, 3.05) is 19.0 Å². The highest BCUT2D eigenvalue weighted by molar-refractivity contribution is 7.15. The summed E-state index contributed by atoms with van der Waals surface area (Å²) in [5, 5.41) is 8.19. The molecule has 1 unspecified atom stereocenters.